The van der Waals surface area contributed by atoms with Gasteiger partial charge < -0.3 is 39.4 Å². The maximum Gasteiger partial charge on any atom is 0.306 e. The highest BCUT2D eigenvalue weighted by atomic mass is 16.9. The molecule has 9 nitrogen and oxygen atoms in total. The zero-order valence-corrected chi connectivity index (χ0v) is 22.7. The quantitative estimate of drug-likeness (QED) is 0.215. The van der Waals surface area contributed by atoms with Crippen molar-refractivity contribution in [2.75, 3.05) is 6.61 Å². The number of allylic oxidation sites excluding steroid dienone is 5. The summed E-state index contributed by atoms with van der Waals surface area (Å²) in [6.07, 6.45) is 10.0. The lowest BCUT2D eigenvalue weighted by atomic mass is 9.53. The molecule has 0 spiro atoms. The zero-order chi connectivity index (χ0) is 28.2. The number of epoxide rings is 1. The van der Waals surface area contributed by atoms with Gasteiger partial charge in [0.05, 0.1) is 18.3 Å². The van der Waals surface area contributed by atoms with E-state index in [4.69, 9.17) is 18.9 Å². The molecule has 6 rings (SSSR count). The van der Waals surface area contributed by atoms with Crippen LogP contribution >= 0.6 is 0 Å². The molecule has 39 heavy (non-hydrogen) atoms. The van der Waals surface area contributed by atoms with Crippen molar-refractivity contribution in [3.05, 3.63) is 60.3 Å². The minimum absolute atomic E-state index is 0.259. The van der Waals surface area contributed by atoms with Gasteiger partial charge in [0.2, 0.25) is 0 Å². The van der Waals surface area contributed by atoms with E-state index in [9.17, 15) is 25.2 Å². The van der Waals surface area contributed by atoms with Crippen molar-refractivity contribution in [3.63, 3.8) is 0 Å². The predicted octanol–water partition coefficient (Wildman–Crippen LogP) is 1.62. The van der Waals surface area contributed by atoms with Crippen LogP contribution in [-0.4, -0.2) is 85.6 Å². The molecule has 3 heterocycles. The minimum atomic E-state index is -2.35. The first kappa shape index (κ1) is 27.2. The molecule has 0 radical (unpaired) electrons. The Hall–Kier alpha value is -1.95. The van der Waals surface area contributed by atoms with Crippen molar-refractivity contribution in [2.24, 2.45) is 17.8 Å². The summed E-state index contributed by atoms with van der Waals surface area (Å²) < 4.78 is 25.9. The third kappa shape index (κ3) is 3.05. The third-order valence-electron chi connectivity index (χ3n) is 10.0. The number of unbranched alkanes of at least 4 members (excludes halogenated alkanes) is 1. The van der Waals surface area contributed by atoms with Crippen molar-refractivity contribution in [1.29, 1.82) is 0 Å². The van der Waals surface area contributed by atoms with Gasteiger partial charge in [-0.15, -0.1) is 0 Å². The monoisotopic (exact) mass is 542 g/mol. The number of carbonyl (C=O) groups is 1. The van der Waals surface area contributed by atoms with Crippen molar-refractivity contribution in [2.45, 2.75) is 93.3 Å². The van der Waals surface area contributed by atoms with Gasteiger partial charge in [-0.3, -0.25) is 4.79 Å². The third-order valence-corrected chi connectivity index (χ3v) is 10.0. The fraction of sp³-hybridized carbons (Fsp3) is 0.633. The number of rotatable bonds is 7. The van der Waals surface area contributed by atoms with Gasteiger partial charge in [0.15, 0.2) is 11.4 Å². The highest BCUT2D eigenvalue weighted by Crippen LogP contribution is 2.72. The number of hydrogen-bond acceptors (Lipinski definition) is 9. The van der Waals surface area contributed by atoms with E-state index >= 15 is 0 Å². The van der Waals surface area contributed by atoms with E-state index < -0.39 is 82.9 Å². The molecule has 9 heteroatoms. The van der Waals surface area contributed by atoms with E-state index in [1.54, 1.807) is 45.1 Å². The topological polar surface area (TPSA) is 138 Å². The first-order valence-electron chi connectivity index (χ1n) is 13.8. The molecule has 212 valence electrons. The molecule has 0 aromatic rings. The Balaban J connectivity index is 1.54. The van der Waals surface area contributed by atoms with E-state index in [0.29, 0.717) is 5.57 Å². The van der Waals surface area contributed by atoms with Crippen molar-refractivity contribution in [3.8, 4) is 0 Å². The van der Waals surface area contributed by atoms with E-state index in [-0.39, 0.29) is 5.57 Å². The van der Waals surface area contributed by atoms with Gasteiger partial charge in [-0.25, -0.2) is 0 Å². The number of ether oxygens (including phenoxy) is 4. The largest absolute Gasteiger partial charge is 0.393 e. The lowest BCUT2D eigenvalue weighted by Crippen LogP contribution is -2.76. The Morgan fingerprint density at radius 1 is 1.13 bits per heavy atom. The van der Waals surface area contributed by atoms with Crippen LogP contribution in [0.5, 0.6) is 0 Å². The van der Waals surface area contributed by atoms with Crippen LogP contribution in [0.1, 0.15) is 40.5 Å². The molecule has 2 saturated carbocycles. The van der Waals surface area contributed by atoms with Crippen molar-refractivity contribution >= 4 is 5.78 Å². The first-order valence-corrected chi connectivity index (χ1v) is 13.8. The van der Waals surface area contributed by atoms with Crippen LogP contribution in [0.3, 0.4) is 0 Å². The van der Waals surface area contributed by atoms with Crippen LogP contribution in [0.2, 0.25) is 0 Å². The lowest BCUT2D eigenvalue weighted by molar-refractivity contribution is -0.407. The number of carbonyl (C=O) groups excluding carboxylic acids is 1. The number of fused-ring (bicyclic) bond motifs is 3. The van der Waals surface area contributed by atoms with Crippen molar-refractivity contribution in [1.82, 2.24) is 0 Å². The molecule has 3 bridgehead atoms. The van der Waals surface area contributed by atoms with Gasteiger partial charge in [-0.1, -0.05) is 63.3 Å². The van der Waals surface area contributed by atoms with Gasteiger partial charge >= 0.3 is 5.97 Å². The van der Waals surface area contributed by atoms with Crippen LogP contribution in [0, 0.1) is 17.8 Å². The molecule has 4 N–H and O–H groups in total. The average molecular weight is 543 g/mol. The standard InChI is InChI=1S/C30H38O9/c1-6-7-8-9-10-11-12-13-27-37-24-20-23-26(15-31,36-23)25(34)28(35)19(14-17(4)21(28)32)30(20,39-27)18(5)22(33)29(24,38-27)16(2)3/h8-14,18-20,22-25,31,33-35H,2,6-7,15H2,1,3-5H3/t18-,19-,20+,22-,23+,24-,25-,26+,27-,28-,29+,30+/m1/s1. The average Bonchev–Trinajstić information content (AvgIpc) is 3.53. The van der Waals surface area contributed by atoms with Crippen LogP contribution in [-0.2, 0) is 23.7 Å². The summed E-state index contributed by atoms with van der Waals surface area (Å²) in [7, 11) is 0. The smallest absolute Gasteiger partial charge is 0.306 e. The first-order chi connectivity index (χ1) is 18.4. The molecule has 3 aliphatic carbocycles. The molecule has 3 saturated heterocycles. The van der Waals surface area contributed by atoms with Gasteiger partial charge in [-0.05, 0) is 31.4 Å². The number of aliphatic hydroxyl groups is 4. The van der Waals surface area contributed by atoms with Crippen LogP contribution in [0.15, 0.2) is 60.3 Å². The summed E-state index contributed by atoms with van der Waals surface area (Å²) >= 11 is 0. The summed E-state index contributed by atoms with van der Waals surface area (Å²) in [6.45, 7) is 10.7. The second-order valence-corrected chi connectivity index (χ2v) is 12.0. The zero-order valence-electron chi connectivity index (χ0n) is 22.7. The van der Waals surface area contributed by atoms with E-state index in [1.165, 1.54) is 0 Å². The molecule has 0 unspecified atom stereocenters. The molecular formula is C30H38O9. The van der Waals surface area contributed by atoms with Gasteiger partial charge in [0.1, 0.15) is 29.5 Å². The van der Waals surface area contributed by atoms with Gasteiger partial charge in [0, 0.05) is 23.8 Å². The molecule has 12 atom stereocenters. The highest BCUT2D eigenvalue weighted by molar-refractivity contribution is 6.05. The predicted molar refractivity (Wildman–Crippen MR) is 139 cm³/mol. The van der Waals surface area contributed by atoms with E-state index in [2.05, 4.69) is 19.6 Å². The Morgan fingerprint density at radius 3 is 2.51 bits per heavy atom. The lowest BCUT2D eigenvalue weighted by Gasteiger charge is -2.60. The summed E-state index contributed by atoms with van der Waals surface area (Å²) in [5, 5.41) is 45.9. The highest BCUT2D eigenvalue weighted by Gasteiger charge is 2.89. The fourth-order valence-electron chi connectivity index (χ4n) is 8.11. The van der Waals surface area contributed by atoms with E-state index in [1.807, 2.05) is 12.2 Å². The summed E-state index contributed by atoms with van der Waals surface area (Å²) in [5.41, 5.74) is -6.04. The summed E-state index contributed by atoms with van der Waals surface area (Å²) in [5.74, 6) is -4.95. The van der Waals surface area contributed by atoms with Crippen LogP contribution in [0.4, 0.5) is 0 Å². The molecule has 0 amide bonds. The normalized spacial score (nSPS) is 53.3. The van der Waals surface area contributed by atoms with E-state index in [0.717, 1.165) is 12.8 Å². The molecule has 6 aliphatic rings. The van der Waals surface area contributed by atoms with Gasteiger partial charge in [0.25, 0.3) is 0 Å². The Labute approximate surface area is 228 Å². The second-order valence-electron chi connectivity index (χ2n) is 12.0. The number of hydrogen-bond donors (Lipinski definition) is 4. The Morgan fingerprint density at radius 2 is 1.85 bits per heavy atom. The summed E-state index contributed by atoms with van der Waals surface area (Å²) in [4.78, 5) is 13.5. The summed E-state index contributed by atoms with van der Waals surface area (Å²) in [6, 6.07) is 0. The van der Waals surface area contributed by atoms with Crippen LogP contribution in [0.25, 0.3) is 0 Å². The molecule has 3 aliphatic heterocycles. The van der Waals surface area contributed by atoms with Crippen LogP contribution < -0.4 is 0 Å². The Bertz CT molecular complexity index is 1220. The molecule has 5 fully saturated rings. The number of Topliss-reactive ketones (excluding diaryl/α,β-unsaturated/α-hetero) is 1. The van der Waals surface area contributed by atoms with Gasteiger partial charge in [-0.2, -0.15) is 0 Å². The van der Waals surface area contributed by atoms with Crippen molar-refractivity contribution < 1.29 is 44.2 Å². The molecule has 0 aromatic heterocycles. The SMILES string of the molecule is C=C(C)[C@@]12O[C@@]3(C=CC=CC=CCCC)O[C@@H]1[C@@H]1[C@@H]4O[C@]4(CO)[C@@H](O)[C@]4(O)C(=O)C(C)=C[C@H]4[C@@]1(O3)[C@H](C)[C@H]2O. The maximum absolute atomic E-state index is 13.5. The molecular weight excluding hydrogens is 504 g/mol. The fourth-order valence-corrected chi connectivity index (χ4v) is 8.11. The minimum Gasteiger partial charge on any atom is -0.393 e. The number of aliphatic hydroxyl groups excluding tert-OH is 3. The molecule has 0 aromatic carbocycles. The second kappa shape index (κ2) is 8.53. The maximum atomic E-state index is 13.5. The Kier molecular flexibility index (Phi) is 5.96. The number of ketones is 1.